The number of nitrogens with one attached hydrogen (secondary N) is 1. The van der Waals surface area contributed by atoms with E-state index < -0.39 is 27.8 Å². The van der Waals surface area contributed by atoms with Gasteiger partial charge in [-0.15, -0.1) is 0 Å². The Labute approximate surface area is 163 Å². The van der Waals surface area contributed by atoms with Gasteiger partial charge in [-0.25, -0.2) is 4.79 Å². The number of hydrogen-bond donors (Lipinski definition) is 2. The fourth-order valence-electron chi connectivity index (χ4n) is 3.04. The monoisotopic (exact) mass is 409 g/mol. The lowest BCUT2D eigenvalue weighted by atomic mass is 10.0. The van der Waals surface area contributed by atoms with Gasteiger partial charge in [0, 0.05) is 19.4 Å². The number of unbranched alkanes of at least 4 members (excludes halogenated alkanes) is 4. The molecular formula is C18H35NO7S. The van der Waals surface area contributed by atoms with Gasteiger partial charge in [-0.05, 0) is 19.3 Å². The van der Waals surface area contributed by atoms with E-state index in [1.807, 2.05) is 0 Å². The van der Waals surface area contributed by atoms with Gasteiger partial charge in [-0.1, -0.05) is 39.5 Å². The van der Waals surface area contributed by atoms with Crippen molar-refractivity contribution < 1.29 is 32.0 Å². The number of amides is 1. The smallest absolute Gasteiger partial charge is 0.407 e. The van der Waals surface area contributed by atoms with Crippen LogP contribution >= 0.6 is 0 Å². The fraction of sp³-hybridized carbons (Fsp3) is 0.944. The number of carbonyl (C=O) groups is 1. The SMILES string of the molecule is CCCCCC1(CCCCC)OCC(COC(=O)NCCCS(=O)(=O)O)O1. The van der Waals surface area contributed by atoms with Crippen LogP contribution in [-0.2, 0) is 24.3 Å². The van der Waals surface area contributed by atoms with Gasteiger partial charge in [0.05, 0.1) is 12.4 Å². The maximum atomic E-state index is 11.7. The molecule has 1 amide bonds. The van der Waals surface area contributed by atoms with Crippen LogP contribution in [0.3, 0.4) is 0 Å². The van der Waals surface area contributed by atoms with Crippen molar-refractivity contribution in [2.75, 3.05) is 25.5 Å². The number of ether oxygens (including phenoxy) is 3. The minimum Gasteiger partial charge on any atom is -0.447 e. The third kappa shape index (κ3) is 10.9. The maximum Gasteiger partial charge on any atom is 0.407 e. The predicted molar refractivity (Wildman–Crippen MR) is 102 cm³/mol. The van der Waals surface area contributed by atoms with Gasteiger partial charge in [0.1, 0.15) is 12.7 Å². The first-order valence-corrected chi connectivity index (χ1v) is 11.6. The summed E-state index contributed by atoms with van der Waals surface area (Å²) in [6.07, 6.45) is 7.52. The van der Waals surface area contributed by atoms with E-state index in [1.54, 1.807) is 0 Å². The Bertz CT molecular complexity index is 514. The number of rotatable bonds is 14. The highest BCUT2D eigenvalue weighted by atomic mass is 32.2. The van der Waals surface area contributed by atoms with Crippen molar-refractivity contribution in [2.24, 2.45) is 0 Å². The zero-order valence-electron chi connectivity index (χ0n) is 16.6. The second-order valence-electron chi connectivity index (χ2n) is 7.04. The largest absolute Gasteiger partial charge is 0.447 e. The molecule has 1 saturated heterocycles. The second kappa shape index (κ2) is 12.5. The molecule has 0 aromatic rings. The molecule has 0 aromatic carbocycles. The number of alkyl carbamates (subject to hydrolysis) is 1. The van der Waals surface area contributed by atoms with E-state index in [4.69, 9.17) is 18.8 Å². The molecule has 1 rings (SSSR count). The van der Waals surface area contributed by atoms with Crippen LogP contribution < -0.4 is 5.32 Å². The van der Waals surface area contributed by atoms with Crippen molar-refractivity contribution in [2.45, 2.75) is 83.5 Å². The topological polar surface area (TPSA) is 111 Å². The van der Waals surface area contributed by atoms with Gasteiger partial charge < -0.3 is 19.5 Å². The first-order chi connectivity index (χ1) is 12.8. The average Bonchev–Trinajstić information content (AvgIpc) is 3.00. The Kier molecular flexibility index (Phi) is 11.2. The molecule has 0 aliphatic carbocycles. The first-order valence-electron chi connectivity index (χ1n) is 9.98. The minimum absolute atomic E-state index is 0.0907. The molecule has 1 atom stereocenters. The van der Waals surface area contributed by atoms with Crippen LogP contribution in [0.4, 0.5) is 4.79 Å². The summed E-state index contributed by atoms with van der Waals surface area (Å²) >= 11 is 0. The summed E-state index contributed by atoms with van der Waals surface area (Å²) in [5.74, 6) is -0.963. The lowest BCUT2D eigenvalue weighted by molar-refractivity contribution is -0.182. The molecular weight excluding hydrogens is 374 g/mol. The summed E-state index contributed by atoms with van der Waals surface area (Å²) in [7, 11) is -4.01. The normalized spacial score (nSPS) is 19.1. The summed E-state index contributed by atoms with van der Waals surface area (Å²) < 4.78 is 47.1. The van der Waals surface area contributed by atoms with E-state index >= 15 is 0 Å². The molecule has 0 aromatic heterocycles. The minimum atomic E-state index is -4.01. The molecule has 27 heavy (non-hydrogen) atoms. The van der Waals surface area contributed by atoms with Gasteiger partial charge in [0.2, 0.25) is 0 Å². The molecule has 1 aliphatic rings. The van der Waals surface area contributed by atoms with Gasteiger partial charge in [0.25, 0.3) is 10.1 Å². The van der Waals surface area contributed by atoms with Gasteiger partial charge >= 0.3 is 6.09 Å². The van der Waals surface area contributed by atoms with Crippen LogP contribution in [-0.4, -0.2) is 56.5 Å². The predicted octanol–water partition coefficient (Wildman–Crippen LogP) is 3.26. The molecule has 1 unspecified atom stereocenters. The first kappa shape index (κ1) is 24.1. The highest BCUT2D eigenvalue weighted by molar-refractivity contribution is 7.85. The summed E-state index contributed by atoms with van der Waals surface area (Å²) in [4.78, 5) is 11.7. The zero-order chi connectivity index (χ0) is 20.2. The third-order valence-electron chi connectivity index (χ3n) is 4.48. The van der Waals surface area contributed by atoms with Crippen molar-refractivity contribution in [1.29, 1.82) is 0 Å². The van der Waals surface area contributed by atoms with E-state index in [0.29, 0.717) is 6.61 Å². The van der Waals surface area contributed by atoms with Crippen LogP contribution in [0.2, 0.25) is 0 Å². The Morgan fingerprint density at radius 2 is 1.78 bits per heavy atom. The van der Waals surface area contributed by atoms with Crippen molar-refractivity contribution in [3.8, 4) is 0 Å². The van der Waals surface area contributed by atoms with Crippen LogP contribution in [0.25, 0.3) is 0 Å². The summed E-state index contributed by atoms with van der Waals surface area (Å²) in [6, 6.07) is 0. The molecule has 0 bridgehead atoms. The Morgan fingerprint density at radius 1 is 1.15 bits per heavy atom. The molecule has 0 saturated carbocycles. The number of hydrogen-bond acceptors (Lipinski definition) is 6. The van der Waals surface area contributed by atoms with E-state index in [2.05, 4.69) is 19.2 Å². The summed E-state index contributed by atoms with van der Waals surface area (Å²) in [6.45, 7) is 4.91. The molecule has 1 heterocycles. The number of carbonyl (C=O) groups excluding carboxylic acids is 1. The van der Waals surface area contributed by atoms with Gasteiger partial charge in [-0.2, -0.15) is 8.42 Å². The van der Waals surface area contributed by atoms with Crippen LogP contribution in [0.1, 0.15) is 71.6 Å². The quantitative estimate of drug-likeness (QED) is 0.334. The molecule has 9 heteroatoms. The lowest BCUT2D eigenvalue weighted by Gasteiger charge is -2.28. The lowest BCUT2D eigenvalue weighted by Crippen LogP contribution is -2.33. The molecule has 1 fully saturated rings. The highest BCUT2D eigenvalue weighted by Crippen LogP contribution is 2.34. The zero-order valence-corrected chi connectivity index (χ0v) is 17.4. The van der Waals surface area contributed by atoms with E-state index in [1.165, 1.54) is 0 Å². The van der Waals surface area contributed by atoms with Crippen LogP contribution in [0.5, 0.6) is 0 Å². The van der Waals surface area contributed by atoms with Crippen molar-refractivity contribution in [3.05, 3.63) is 0 Å². The molecule has 2 N–H and O–H groups in total. The second-order valence-corrected chi connectivity index (χ2v) is 8.61. The standard InChI is InChI=1S/C18H35NO7S/c1-3-5-7-10-18(11-8-6-4-2)25-15-16(26-18)14-24-17(20)19-12-9-13-27(21,22)23/h16H,3-15H2,1-2H3,(H,19,20)(H,21,22,23). The molecule has 8 nitrogen and oxygen atoms in total. The summed E-state index contributed by atoms with van der Waals surface area (Å²) in [5.41, 5.74) is 0. The van der Waals surface area contributed by atoms with Gasteiger partial charge in [0.15, 0.2) is 5.79 Å². The summed E-state index contributed by atoms with van der Waals surface area (Å²) in [5, 5.41) is 2.45. The molecule has 1 aliphatic heterocycles. The van der Waals surface area contributed by atoms with E-state index in [0.717, 1.165) is 51.4 Å². The van der Waals surface area contributed by atoms with E-state index in [9.17, 15) is 13.2 Å². The van der Waals surface area contributed by atoms with Crippen molar-refractivity contribution >= 4 is 16.2 Å². The Morgan fingerprint density at radius 3 is 2.33 bits per heavy atom. The maximum absolute atomic E-state index is 11.7. The Hall–Kier alpha value is -0.900. The molecule has 0 spiro atoms. The third-order valence-corrected chi connectivity index (χ3v) is 5.29. The highest BCUT2D eigenvalue weighted by Gasteiger charge is 2.40. The molecule has 0 radical (unpaired) electrons. The van der Waals surface area contributed by atoms with Gasteiger partial charge in [-0.3, -0.25) is 4.55 Å². The molecule has 160 valence electrons. The fourth-order valence-corrected chi connectivity index (χ4v) is 3.55. The van der Waals surface area contributed by atoms with Crippen LogP contribution in [0.15, 0.2) is 0 Å². The Balaban J connectivity index is 2.33. The van der Waals surface area contributed by atoms with Crippen LogP contribution in [0, 0.1) is 0 Å². The van der Waals surface area contributed by atoms with Crippen molar-refractivity contribution in [1.82, 2.24) is 5.32 Å². The average molecular weight is 410 g/mol. The van der Waals surface area contributed by atoms with E-state index in [-0.39, 0.29) is 25.7 Å². The van der Waals surface area contributed by atoms with Crippen molar-refractivity contribution in [3.63, 3.8) is 0 Å².